The fourth-order valence-corrected chi connectivity index (χ4v) is 4.97. The molecule has 0 rings (SSSR count). The van der Waals surface area contributed by atoms with E-state index in [1.807, 2.05) is 0 Å². The van der Waals surface area contributed by atoms with Crippen LogP contribution in [-0.2, 0) is 76.5 Å². The molecule has 0 heterocycles. The van der Waals surface area contributed by atoms with Crippen LogP contribution in [0.25, 0.3) is 0 Å². The number of Topliss-reactive ketones (excluding diaryl/α,β-unsaturated/α-hetero) is 4. The highest BCUT2D eigenvalue weighted by Gasteiger charge is 2.24. The zero-order chi connectivity index (χ0) is 45.6. The monoisotopic (exact) mass is 854 g/mol. The van der Waals surface area contributed by atoms with E-state index in [1.165, 1.54) is 6.92 Å². The Morgan fingerprint density at radius 1 is 0.417 bits per heavy atom. The van der Waals surface area contributed by atoms with Crippen LogP contribution in [0.2, 0.25) is 0 Å². The van der Waals surface area contributed by atoms with Crippen molar-refractivity contribution < 1.29 is 76.5 Å². The van der Waals surface area contributed by atoms with Gasteiger partial charge in [0.05, 0.1) is 41.0 Å². The van der Waals surface area contributed by atoms with Gasteiger partial charge in [0.1, 0.15) is 38.5 Å². The summed E-state index contributed by atoms with van der Waals surface area (Å²) in [6, 6.07) is 0. The molecule has 0 atom stereocenters. The molecule has 22 nitrogen and oxygen atoms in total. The zero-order valence-corrected chi connectivity index (χ0v) is 35.0. The van der Waals surface area contributed by atoms with Gasteiger partial charge < -0.3 is 49.7 Å². The number of rotatable bonds is 32. The van der Waals surface area contributed by atoms with Gasteiger partial charge in [-0.15, -0.1) is 0 Å². The average molecular weight is 855 g/mol. The smallest absolute Gasteiger partial charge is 0.325 e. The van der Waals surface area contributed by atoms with Crippen molar-refractivity contribution in [2.45, 2.75) is 84.5 Å². The highest BCUT2D eigenvalue weighted by Crippen LogP contribution is 2.05. The normalized spacial score (nSPS) is 10.3. The molecule has 22 heteroatoms. The van der Waals surface area contributed by atoms with Gasteiger partial charge in [-0.05, 0) is 26.2 Å². The second-order valence-electron chi connectivity index (χ2n) is 13.4. The predicted octanol–water partition coefficient (Wildman–Crippen LogP) is -2.05. The zero-order valence-electron chi connectivity index (χ0n) is 35.0. The van der Waals surface area contributed by atoms with Crippen molar-refractivity contribution in [3.05, 3.63) is 0 Å². The van der Waals surface area contributed by atoms with Crippen LogP contribution in [0.3, 0.4) is 0 Å². The lowest BCUT2D eigenvalue weighted by Crippen LogP contribution is -2.44. The Morgan fingerprint density at radius 3 is 1.28 bits per heavy atom. The Morgan fingerprint density at radius 2 is 0.833 bits per heavy atom. The number of amides is 6. The van der Waals surface area contributed by atoms with E-state index in [4.69, 9.17) is 0 Å². The molecular formula is C38H58N6O16. The lowest BCUT2D eigenvalue weighted by Gasteiger charge is -2.21. The van der Waals surface area contributed by atoms with Crippen molar-refractivity contribution in [2.75, 3.05) is 80.2 Å². The minimum Gasteiger partial charge on any atom is -0.468 e. The van der Waals surface area contributed by atoms with E-state index in [1.54, 1.807) is 6.92 Å². The summed E-state index contributed by atoms with van der Waals surface area (Å²) in [5, 5.41) is 7.25. The molecule has 0 fully saturated rings. The highest BCUT2D eigenvalue weighted by molar-refractivity contribution is 5.94. The minimum absolute atomic E-state index is 0.00603. The second kappa shape index (κ2) is 30.9. The molecule has 0 aromatic heterocycles. The van der Waals surface area contributed by atoms with Crippen LogP contribution in [-0.4, -0.2) is 171 Å². The minimum atomic E-state index is -0.863. The number of nitrogens with one attached hydrogen (secondary N) is 3. The van der Waals surface area contributed by atoms with Gasteiger partial charge in [-0.25, -0.2) is 0 Å². The Hall–Kier alpha value is -6.09. The fourth-order valence-electron chi connectivity index (χ4n) is 4.97. The van der Waals surface area contributed by atoms with E-state index in [2.05, 4.69) is 30.2 Å². The fraction of sp³-hybridized carbons (Fsp3) is 0.658. The summed E-state index contributed by atoms with van der Waals surface area (Å²) < 4.78 is 13.7. The topological polar surface area (TPSA) is 295 Å². The first kappa shape index (κ1) is 53.9. The summed E-state index contributed by atoms with van der Waals surface area (Å²) >= 11 is 0. The second-order valence-corrected chi connectivity index (χ2v) is 13.4. The molecule has 0 radical (unpaired) electrons. The summed E-state index contributed by atoms with van der Waals surface area (Å²) in [6.07, 6.45) is -0.0385. The Labute approximate surface area is 348 Å². The van der Waals surface area contributed by atoms with Crippen molar-refractivity contribution >= 4 is 76.5 Å². The van der Waals surface area contributed by atoms with Gasteiger partial charge in [0.15, 0.2) is 17.3 Å². The molecule has 0 unspecified atom stereocenters. The average Bonchev–Trinajstić information content (AvgIpc) is 3.21. The van der Waals surface area contributed by atoms with Crippen molar-refractivity contribution in [2.24, 2.45) is 0 Å². The number of methoxy groups -OCH3 is 3. The molecule has 0 aromatic rings. The molecule has 0 aromatic carbocycles. The first-order chi connectivity index (χ1) is 28.3. The molecule has 3 N–H and O–H groups in total. The number of unbranched alkanes of at least 4 members (excludes halogenated alkanes) is 1. The summed E-state index contributed by atoms with van der Waals surface area (Å²) in [6.45, 7) is -1.15. The molecule has 0 aliphatic rings. The summed E-state index contributed by atoms with van der Waals surface area (Å²) in [7, 11) is 3.28. The first-order valence-electron chi connectivity index (χ1n) is 19.2. The summed E-state index contributed by atoms with van der Waals surface area (Å²) in [5.41, 5.74) is 0. The van der Waals surface area contributed by atoms with Gasteiger partial charge in [0, 0.05) is 57.9 Å². The first-order valence-corrected chi connectivity index (χ1v) is 19.2. The van der Waals surface area contributed by atoms with E-state index >= 15 is 0 Å². The van der Waals surface area contributed by atoms with Crippen LogP contribution in [0.1, 0.15) is 84.5 Å². The molecule has 0 spiro atoms. The van der Waals surface area contributed by atoms with Gasteiger partial charge in [-0.1, -0.05) is 6.92 Å². The van der Waals surface area contributed by atoms with E-state index in [-0.39, 0.29) is 51.0 Å². The third kappa shape index (κ3) is 26.0. The van der Waals surface area contributed by atoms with Crippen LogP contribution in [0, 0.1) is 0 Å². The SMILES string of the molecule is CCC(=O)N(CC(=O)NCCCC(=O)CN(CC(=O)OC)C(=O)CCC(=O)CNC(=O)CN(CC(=O)OC)C(=O)CCC(=O)CNC(=O)CCCCC(C)=O)CC(=O)OC. The van der Waals surface area contributed by atoms with Crippen LogP contribution in [0.5, 0.6) is 0 Å². The van der Waals surface area contributed by atoms with E-state index in [9.17, 15) is 62.3 Å². The predicted molar refractivity (Wildman–Crippen MR) is 207 cm³/mol. The number of carbonyl (C=O) groups is 13. The number of ketones is 4. The number of hydrogen-bond donors (Lipinski definition) is 3. The van der Waals surface area contributed by atoms with E-state index < -0.39 is 136 Å². The molecule has 0 aliphatic carbocycles. The van der Waals surface area contributed by atoms with E-state index in [0.717, 1.165) is 36.0 Å². The van der Waals surface area contributed by atoms with Crippen LogP contribution >= 0.6 is 0 Å². The quantitative estimate of drug-likeness (QED) is 0.0373. The standard InChI is InChI=1S/C38H58N6O16/c1-6-33(52)43(24-37(56)59-4)21-31(50)39-17-9-11-29(48)20-42(23-36(55)58-3)34(53)15-13-28(47)19-41-32(51)22-44(25-38(57)60-5)35(54)16-14-27(46)18-40-30(49)12-8-7-10-26(2)45/h6-25H2,1-5H3,(H,39,50)(H,40,49)(H,41,51). The van der Waals surface area contributed by atoms with Gasteiger partial charge in [-0.2, -0.15) is 0 Å². The maximum absolute atomic E-state index is 12.9. The number of ether oxygens (including phenoxy) is 3. The third-order valence-corrected chi connectivity index (χ3v) is 8.38. The largest absolute Gasteiger partial charge is 0.468 e. The van der Waals surface area contributed by atoms with Crippen molar-refractivity contribution in [3.8, 4) is 0 Å². The molecule has 0 saturated heterocycles. The van der Waals surface area contributed by atoms with Crippen LogP contribution < -0.4 is 16.0 Å². The molecule has 336 valence electrons. The van der Waals surface area contributed by atoms with Crippen LogP contribution in [0.4, 0.5) is 0 Å². The number of hydrogen-bond acceptors (Lipinski definition) is 16. The lowest BCUT2D eigenvalue weighted by atomic mass is 10.1. The molecule has 0 saturated carbocycles. The van der Waals surface area contributed by atoms with E-state index in [0.29, 0.717) is 19.3 Å². The number of esters is 3. The van der Waals surface area contributed by atoms with Crippen LogP contribution in [0.15, 0.2) is 0 Å². The van der Waals surface area contributed by atoms with Gasteiger partial charge in [0.25, 0.3) is 0 Å². The van der Waals surface area contributed by atoms with Gasteiger partial charge in [-0.3, -0.25) is 57.5 Å². The maximum atomic E-state index is 12.9. The number of nitrogens with zero attached hydrogens (tertiary/aromatic N) is 3. The van der Waals surface area contributed by atoms with Crippen molar-refractivity contribution in [3.63, 3.8) is 0 Å². The molecular weight excluding hydrogens is 796 g/mol. The van der Waals surface area contributed by atoms with Gasteiger partial charge >= 0.3 is 17.9 Å². The Kier molecular flexibility index (Phi) is 27.8. The maximum Gasteiger partial charge on any atom is 0.325 e. The molecule has 0 bridgehead atoms. The molecule has 6 amide bonds. The number of carbonyl (C=O) groups excluding carboxylic acids is 13. The summed E-state index contributed by atoms with van der Waals surface area (Å²) in [4.78, 5) is 161. The summed E-state index contributed by atoms with van der Waals surface area (Å²) in [5.74, 6) is -7.76. The molecule has 0 aliphatic heterocycles. The van der Waals surface area contributed by atoms with Gasteiger partial charge in [0.2, 0.25) is 35.4 Å². The van der Waals surface area contributed by atoms with Crippen molar-refractivity contribution in [1.82, 2.24) is 30.7 Å². The Bertz CT molecular complexity index is 1560. The third-order valence-electron chi connectivity index (χ3n) is 8.38. The molecule has 60 heavy (non-hydrogen) atoms. The Balaban J connectivity index is 4.98. The lowest BCUT2D eigenvalue weighted by molar-refractivity contribution is -0.148. The van der Waals surface area contributed by atoms with Crippen molar-refractivity contribution in [1.29, 1.82) is 0 Å². The highest BCUT2D eigenvalue weighted by atomic mass is 16.5.